The first kappa shape index (κ1) is 14.8. The normalized spacial score (nSPS) is 12.2. The van der Waals surface area contributed by atoms with Crippen molar-refractivity contribution in [1.82, 2.24) is 9.55 Å². The topological polar surface area (TPSA) is 70.2 Å². The van der Waals surface area contributed by atoms with Crippen LogP contribution >= 0.6 is 0 Å². The van der Waals surface area contributed by atoms with Crippen LogP contribution in [0, 0.1) is 15.5 Å². The van der Waals surface area contributed by atoms with Crippen molar-refractivity contribution in [3.8, 4) is 6.01 Å². The average Bonchev–Trinajstić information content (AvgIpc) is 2.82. The number of rotatable bonds is 4. The van der Waals surface area contributed by atoms with Gasteiger partial charge in [-0.1, -0.05) is 51.1 Å². The lowest BCUT2D eigenvalue weighted by Gasteiger charge is -2.23. The van der Waals surface area contributed by atoms with E-state index >= 15 is 0 Å². The molecule has 0 aliphatic carbocycles. The zero-order valence-electron chi connectivity index (χ0n) is 12.2. The maximum atomic E-state index is 10.5. The summed E-state index contributed by atoms with van der Waals surface area (Å²) >= 11 is 0. The maximum absolute atomic E-state index is 10.5. The molecule has 0 amide bonds. The second kappa shape index (κ2) is 5.78. The van der Waals surface area contributed by atoms with Crippen LogP contribution in [0.4, 0.5) is 0 Å². The van der Waals surface area contributed by atoms with Gasteiger partial charge in [0.15, 0.2) is 0 Å². The van der Waals surface area contributed by atoms with Crippen molar-refractivity contribution in [3.05, 3.63) is 58.4 Å². The Bertz CT molecular complexity index is 654. The predicted molar refractivity (Wildman–Crippen MR) is 79.9 cm³/mol. The molecule has 2 rings (SSSR count). The highest BCUT2D eigenvalue weighted by atomic mass is 17.0. The number of nitrogens with zero attached hydrogens (tertiary/aromatic N) is 3. The van der Waals surface area contributed by atoms with Gasteiger partial charge >= 0.3 is 5.09 Å². The van der Waals surface area contributed by atoms with Gasteiger partial charge in [0, 0.05) is 18.6 Å². The molecule has 0 fully saturated rings. The van der Waals surface area contributed by atoms with Gasteiger partial charge in [-0.2, -0.15) is 0 Å². The fourth-order valence-electron chi connectivity index (χ4n) is 1.99. The minimum absolute atomic E-state index is 0.0716. The number of aromatic nitrogens is 2. The highest BCUT2D eigenvalue weighted by Gasteiger charge is 2.19. The lowest BCUT2D eigenvalue weighted by atomic mass is 9.83. The average molecular weight is 287 g/mol. The second-order valence-corrected chi connectivity index (χ2v) is 5.59. The minimum Gasteiger partial charge on any atom is -0.288 e. The Morgan fingerprint density at radius 3 is 2.57 bits per heavy atom. The summed E-state index contributed by atoms with van der Waals surface area (Å²) < 4.78 is 1.51. The number of allylic oxidation sites excluding steroid dienone is 1. The number of hydrogen-bond donors (Lipinski definition) is 0. The molecule has 0 atom stereocenters. The van der Waals surface area contributed by atoms with Gasteiger partial charge in [0.1, 0.15) is 0 Å². The van der Waals surface area contributed by atoms with E-state index in [1.165, 1.54) is 10.8 Å². The molecule has 6 nitrogen and oxygen atoms in total. The van der Waals surface area contributed by atoms with Crippen LogP contribution in [0.1, 0.15) is 26.3 Å². The van der Waals surface area contributed by atoms with E-state index in [9.17, 15) is 10.1 Å². The van der Waals surface area contributed by atoms with Gasteiger partial charge in [-0.3, -0.25) is 4.57 Å². The summed E-state index contributed by atoms with van der Waals surface area (Å²) in [6, 6.07) is 9.79. The Morgan fingerprint density at radius 2 is 2.00 bits per heavy atom. The number of benzene rings is 1. The Labute approximate surface area is 122 Å². The van der Waals surface area contributed by atoms with Gasteiger partial charge < -0.3 is 0 Å². The van der Waals surface area contributed by atoms with E-state index in [4.69, 9.17) is 0 Å². The lowest BCUT2D eigenvalue weighted by molar-refractivity contribution is -0.713. The second-order valence-electron chi connectivity index (χ2n) is 5.59. The third-order valence-electron chi connectivity index (χ3n) is 2.95. The molecule has 0 aliphatic heterocycles. The van der Waals surface area contributed by atoms with E-state index in [2.05, 4.69) is 30.6 Å². The molecule has 1 heterocycles. The van der Waals surface area contributed by atoms with Gasteiger partial charge in [0.05, 0.1) is 0 Å². The molecule has 6 heteroatoms. The van der Waals surface area contributed by atoms with Crippen LogP contribution in [0.3, 0.4) is 0 Å². The van der Waals surface area contributed by atoms with Crippen molar-refractivity contribution < 1.29 is 9.92 Å². The summed E-state index contributed by atoms with van der Waals surface area (Å²) in [6.45, 7) is 6.24. The Balaban J connectivity index is 2.48. The number of hydrogen-bond acceptors (Lipinski definition) is 4. The van der Waals surface area contributed by atoms with Crippen molar-refractivity contribution in [2.24, 2.45) is 5.41 Å². The molecule has 2 aromatic rings. The van der Waals surface area contributed by atoms with Gasteiger partial charge in [-0.15, -0.1) is 10.1 Å². The number of imidazole rings is 1. The quantitative estimate of drug-likeness (QED) is 0.637. The first-order valence-electron chi connectivity index (χ1n) is 6.51. The van der Waals surface area contributed by atoms with Crippen molar-refractivity contribution in [3.63, 3.8) is 0 Å². The molecular formula is C15H17N3O3. The smallest absolute Gasteiger partial charge is 0.288 e. The minimum atomic E-state index is -0.869. The summed E-state index contributed by atoms with van der Waals surface area (Å²) in [5.74, 6) is 0. The molecular weight excluding hydrogens is 270 g/mol. The fraction of sp³-hybridized carbons (Fsp3) is 0.267. The van der Waals surface area contributed by atoms with Crippen molar-refractivity contribution in [2.75, 3.05) is 0 Å². The first-order chi connectivity index (χ1) is 9.88. The van der Waals surface area contributed by atoms with Crippen molar-refractivity contribution >= 4 is 11.8 Å². The van der Waals surface area contributed by atoms with E-state index in [-0.39, 0.29) is 11.4 Å². The first-order valence-corrected chi connectivity index (χ1v) is 6.51. The van der Waals surface area contributed by atoms with Crippen LogP contribution in [0.5, 0.6) is 6.01 Å². The summed E-state index contributed by atoms with van der Waals surface area (Å²) in [5, 5.41) is 9.61. The molecule has 0 N–H and O–H groups in total. The monoisotopic (exact) mass is 287 g/mol. The SMILES string of the molecule is CC(C)(C)/C(=C\n1ccnc1O[N+](=O)[O-])c1ccccc1. The van der Waals surface area contributed by atoms with Gasteiger partial charge in [-0.05, 0) is 16.6 Å². The van der Waals surface area contributed by atoms with Gasteiger partial charge in [0.2, 0.25) is 0 Å². The van der Waals surface area contributed by atoms with Crippen LogP contribution in [0.2, 0.25) is 0 Å². The highest BCUT2D eigenvalue weighted by Crippen LogP contribution is 2.35. The summed E-state index contributed by atoms with van der Waals surface area (Å²) in [7, 11) is 0. The van der Waals surface area contributed by atoms with Crippen molar-refractivity contribution in [1.29, 1.82) is 0 Å². The molecule has 110 valence electrons. The molecule has 1 aromatic carbocycles. The molecule has 0 saturated carbocycles. The maximum Gasteiger partial charge on any atom is 0.302 e. The van der Waals surface area contributed by atoms with Crippen LogP contribution in [-0.4, -0.2) is 14.6 Å². The molecule has 0 unspecified atom stereocenters. The third kappa shape index (κ3) is 3.68. The summed E-state index contributed by atoms with van der Waals surface area (Å²) in [6.07, 6.45) is 4.88. The van der Waals surface area contributed by atoms with Crippen LogP contribution < -0.4 is 4.84 Å². The molecule has 1 aromatic heterocycles. The predicted octanol–water partition coefficient (Wildman–Crippen LogP) is 3.50. The van der Waals surface area contributed by atoms with Crippen molar-refractivity contribution in [2.45, 2.75) is 20.8 Å². The molecule has 21 heavy (non-hydrogen) atoms. The zero-order chi connectivity index (χ0) is 15.5. The largest absolute Gasteiger partial charge is 0.302 e. The van der Waals surface area contributed by atoms with E-state index in [1.807, 2.05) is 30.3 Å². The van der Waals surface area contributed by atoms with E-state index in [1.54, 1.807) is 12.4 Å². The zero-order valence-corrected chi connectivity index (χ0v) is 12.2. The fourth-order valence-corrected chi connectivity index (χ4v) is 1.99. The molecule has 0 aliphatic rings. The van der Waals surface area contributed by atoms with Gasteiger partial charge in [-0.25, -0.2) is 9.82 Å². The molecule has 0 saturated heterocycles. The van der Waals surface area contributed by atoms with Gasteiger partial charge in [0.25, 0.3) is 6.01 Å². The highest BCUT2D eigenvalue weighted by molar-refractivity contribution is 5.78. The van der Waals surface area contributed by atoms with Crippen LogP contribution in [0.25, 0.3) is 11.8 Å². The third-order valence-corrected chi connectivity index (χ3v) is 2.95. The Hall–Kier alpha value is -2.63. The summed E-state index contributed by atoms with van der Waals surface area (Å²) in [5.41, 5.74) is 1.93. The standard InChI is InChI=1S/C15H17N3O3/c1-15(2,3)13(12-7-5-4-6-8-12)11-17-10-9-16-14(17)21-18(19)20/h4-11H,1-3H3/b13-11-. The molecule has 0 spiro atoms. The van der Waals surface area contributed by atoms with Crippen LogP contribution in [0.15, 0.2) is 42.7 Å². The van der Waals surface area contributed by atoms with E-state index < -0.39 is 5.09 Å². The lowest BCUT2D eigenvalue weighted by Crippen LogP contribution is -2.11. The summed E-state index contributed by atoms with van der Waals surface area (Å²) in [4.78, 5) is 18.8. The Kier molecular flexibility index (Phi) is 4.07. The van der Waals surface area contributed by atoms with Crippen LogP contribution in [-0.2, 0) is 0 Å². The van der Waals surface area contributed by atoms with E-state index in [0.29, 0.717) is 0 Å². The molecule has 0 bridgehead atoms. The molecule has 0 radical (unpaired) electrons. The van der Waals surface area contributed by atoms with E-state index in [0.717, 1.165) is 11.1 Å². The Morgan fingerprint density at radius 1 is 1.33 bits per heavy atom.